The van der Waals surface area contributed by atoms with Crippen LogP contribution in [-0.2, 0) is 0 Å². The number of carbonyl (C=O) groups is 1. The fraction of sp³-hybridized carbons (Fsp3) is 0.533. The van der Waals surface area contributed by atoms with Gasteiger partial charge < -0.3 is 10.0 Å². The molecular weight excluding hydrogens is 264 g/mol. The molecule has 0 radical (unpaired) electrons. The minimum absolute atomic E-state index is 0.0910. The highest BCUT2D eigenvalue weighted by Gasteiger charge is 2.22. The van der Waals surface area contributed by atoms with Crippen LogP contribution in [0.2, 0.25) is 0 Å². The Kier molecular flexibility index (Phi) is 4.57. The van der Waals surface area contributed by atoms with Gasteiger partial charge in [-0.15, -0.1) is 0 Å². The first-order valence-electron chi connectivity index (χ1n) is 7.00. The predicted octanol–water partition coefficient (Wildman–Crippen LogP) is 3.68. The molecule has 0 bridgehead atoms. The minimum atomic E-state index is -1.32. The fourth-order valence-electron chi connectivity index (χ4n) is 2.79. The Bertz CT molecular complexity index is 482. The molecule has 1 aromatic rings. The number of halogens is 2. The van der Waals surface area contributed by atoms with Crippen LogP contribution >= 0.6 is 0 Å². The van der Waals surface area contributed by atoms with Gasteiger partial charge >= 0.3 is 5.97 Å². The topological polar surface area (TPSA) is 40.5 Å². The van der Waals surface area contributed by atoms with Gasteiger partial charge in [0.25, 0.3) is 0 Å². The number of nitrogens with zero attached hydrogens (tertiary/aromatic N) is 1. The van der Waals surface area contributed by atoms with Crippen molar-refractivity contribution in [2.45, 2.75) is 32.6 Å². The molecular formula is C15H19F2NO2. The third-order valence-electron chi connectivity index (χ3n) is 4.01. The average Bonchev–Trinajstić information content (AvgIpc) is 2.63. The van der Waals surface area contributed by atoms with E-state index in [0.717, 1.165) is 37.8 Å². The lowest BCUT2D eigenvalue weighted by molar-refractivity contribution is 0.0696. The lowest BCUT2D eigenvalue weighted by Crippen LogP contribution is -2.26. The molecule has 1 aliphatic rings. The van der Waals surface area contributed by atoms with Crippen molar-refractivity contribution in [1.82, 2.24) is 0 Å². The molecule has 0 spiro atoms. The Morgan fingerprint density at radius 3 is 2.50 bits per heavy atom. The van der Waals surface area contributed by atoms with Gasteiger partial charge in [0.05, 0.1) is 5.56 Å². The zero-order chi connectivity index (χ0) is 14.7. The van der Waals surface area contributed by atoms with Gasteiger partial charge in [0.2, 0.25) is 0 Å². The van der Waals surface area contributed by atoms with E-state index in [1.54, 1.807) is 4.90 Å². The largest absolute Gasteiger partial charge is 0.478 e. The van der Waals surface area contributed by atoms with E-state index in [9.17, 15) is 13.6 Å². The van der Waals surface area contributed by atoms with Gasteiger partial charge in [-0.05, 0) is 37.3 Å². The van der Waals surface area contributed by atoms with Crippen molar-refractivity contribution in [3.8, 4) is 0 Å². The molecule has 1 heterocycles. The number of carboxylic acid groups (broad SMARTS) is 1. The molecule has 1 N–H and O–H groups in total. The van der Waals surface area contributed by atoms with Crippen LogP contribution in [-0.4, -0.2) is 24.2 Å². The van der Waals surface area contributed by atoms with Crippen molar-refractivity contribution in [3.05, 3.63) is 29.3 Å². The molecule has 5 heteroatoms. The molecule has 2 rings (SSSR count). The third-order valence-corrected chi connectivity index (χ3v) is 4.01. The second kappa shape index (κ2) is 6.20. The summed E-state index contributed by atoms with van der Waals surface area (Å²) < 4.78 is 28.0. The van der Waals surface area contributed by atoms with E-state index in [0.29, 0.717) is 19.0 Å². The Balaban J connectivity index is 2.26. The molecule has 0 amide bonds. The maximum absolute atomic E-state index is 14.0. The number of anilines is 1. The number of carboxylic acids is 1. The SMILES string of the molecule is CCC1CCCN(c2c(F)cc(C(=O)O)cc2F)CC1. The first-order valence-corrected chi connectivity index (χ1v) is 7.00. The quantitative estimate of drug-likeness (QED) is 0.920. The van der Waals surface area contributed by atoms with Crippen LogP contribution in [0.1, 0.15) is 43.0 Å². The molecule has 1 saturated heterocycles. The summed E-state index contributed by atoms with van der Waals surface area (Å²) in [5.41, 5.74) is -0.447. The second-order valence-corrected chi connectivity index (χ2v) is 5.29. The Hall–Kier alpha value is -1.65. The molecule has 110 valence electrons. The zero-order valence-corrected chi connectivity index (χ0v) is 11.5. The summed E-state index contributed by atoms with van der Waals surface area (Å²) >= 11 is 0. The van der Waals surface area contributed by atoms with Crippen LogP contribution in [0, 0.1) is 17.6 Å². The smallest absolute Gasteiger partial charge is 0.335 e. The van der Waals surface area contributed by atoms with Crippen molar-refractivity contribution in [2.24, 2.45) is 5.92 Å². The normalized spacial score (nSPS) is 19.8. The van der Waals surface area contributed by atoms with Crippen LogP contribution in [0.3, 0.4) is 0 Å². The number of benzene rings is 1. The van der Waals surface area contributed by atoms with E-state index in [2.05, 4.69) is 6.92 Å². The molecule has 1 fully saturated rings. The number of hydrogen-bond donors (Lipinski definition) is 1. The number of rotatable bonds is 3. The van der Waals surface area contributed by atoms with Crippen molar-refractivity contribution in [3.63, 3.8) is 0 Å². The third kappa shape index (κ3) is 3.08. The first-order chi connectivity index (χ1) is 9.52. The van der Waals surface area contributed by atoms with Gasteiger partial charge in [-0.1, -0.05) is 13.3 Å². The zero-order valence-electron chi connectivity index (χ0n) is 11.5. The highest BCUT2D eigenvalue weighted by atomic mass is 19.1. The Morgan fingerprint density at radius 1 is 1.30 bits per heavy atom. The monoisotopic (exact) mass is 283 g/mol. The van der Waals surface area contributed by atoms with Gasteiger partial charge in [0, 0.05) is 13.1 Å². The predicted molar refractivity (Wildman–Crippen MR) is 73.2 cm³/mol. The summed E-state index contributed by atoms with van der Waals surface area (Å²) in [5, 5.41) is 8.80. The first kappa shape index (κ1) is 14.8. The van der Waals surface area contributed by atoms with E-state index >= 15 is 0 Å². The second-order valence-electron chi connectivity index (χ2n) is 5.29. The summed E-state index contributed by atoms with van der Waals surface area (Å²) in [6, 6.07) is 1.78. The molecule has 0 aromatic heterocycles. The van der Waals surface area contributed by atoms with Crippen molar-refractivity contribution >= 4 is 11.7 Å². The molecule has 0 saturated carbocycles. The maximum atomic E-state index is 14.0. The summed E-state index contributed by atoms with van der Waals surface area (Å²) in [4.78, 5) is 12.5. The number of hydrogen-bond acceptors (Lipinski definition) is 2. The van der Waals surface area contributed by atoms with Gasteiger partial charge in [-0.2, -0.15) is 0 Å². The van der Waals surface area contributed by atoms with E-state index < -0.39 is 17.6 Å². The lowest BCUT2D eigenvalue weighted by atomic mass is 9.98. The maximum Gasteiger partial charge on any atom is 0.335 e. The highest BCUT2D eigenvalue weighted by molar-refractivity contribution is 5.88. The van der Waals surface area contributed by atoms with Gasteiger partial charge in [-0.25, -0.2) is 13.6 Å². The molecule has 1 aromatic carbocycles. The van der Waals surface area contributed by atoms with Crippen LogP contribution < -0.4 is 4.90 Å². The van der Waals surface area contributed by atoms with Crippen molar-refractivity contribution in [1.29, 1.82) is 0 Å². The molecule has 1 aliphatic heterocycles. The summed E-state index contributed by atoms with van der Waals surface area (Å²) in [6.07, 6.45) is 3.97. The van der Waals surface area contributed by atoms with Crippen LogP contribution in [0.4, 0.5) is 14.5 Å². The standard InChI is InChI=1S/C15H19F2NO2/c1-2-10-4-3-6-18(7-5-10)14-12(16)8-11(15(19)20)9-13(14)17/h8-10H,2-7H2,1H3,(H,19,20). The Labute approximate surface area is 117 Å². The molecule has 3 nitrogen and oxygen atoms in total. The van der Waals surface area contributed by atoms with Gasteiger partial charge in [0.1, 0.15) is 17.3 Å². The minimum Gasteiger partial charge on any atom is -0.478 e. The molecule has 1 unspecified atom stereocenters. The van der Waals surface area contributed by atoms with Crippen molar-refractivity contribution in [2.75, 3.05) is 18.0 Å². The summed E-state index contributed by atoms with van der Waals surface area (Å²) in [5.74, 6) is -2.31. The van der Waals surface area contributed by atoms with E-state index in [1.807, 2.05) is 0 Å². The molecule has 20 heavy (non-hydrogen) atoms. The fourth-order valence-corrected chi connectivity index (χ4v) is 2.79. The van der Waals surface area contributed by atoms with E-state index in [4.69, 9.17) is 5.11 Å². The van der Waals surface area contributed by atoms with Crippen LogP contribution in [0.15, 0.2) is 12.1 Å². The van der Waals surface area contributed by atoms with Gasteiger partial charge in [-0.3, -0.25) is 0 Å². The van der Waals surface area contributed by atoms with Crippen molar-refractivity contribution < 1.29 is 18.7 Å². The van der Waals surface area contributed by atoms with Crippen LogP contribution in [0.5, 0.6) is 0 Å². The summed E-state index contributed by atoms with van der Waals surface area (Å²) in [6.45, 7) is 3.35. The average molecular weight is 283 g/mol. The van der Waals surface area contributed by atoms with E-state index in [1.165, 1.54) is 0 Å². The summed E-state index contributed by atoms with van der Waals surface area (Å²) in [7, 11) is 0. The van der Waals surface area contributed by atoms with Crippen LogP contribution in [0.25, 0.3) is 0 Å². The molecule has 0 aliphatic carbocycles. The number of aromatic carboxylic acids is 1. The van der Waals surface area contributed by atoms with Gasteiger partial charge in [0.15, 0.2) is 0 Å². The lowest BCUT2D eigenvalue weighted by Gasteiger charge is -2.24. The van der Waals surface area contributed by atoms with E-state index in [-0.39, 0.29) is 11.3 Å². The highest BCUT2D eigenvalue weighted by Crippen LogP contribution is 2.29. The Morgan fingerprint density at radius 2 is 1.95 bits per heavy atom. The molecule has 1 atom stereocenters.